The average Bonchev–Trinajstić information content (AvgIpc) is 2.29. The van der Waals surface area contributed by atoms with Crippen molar-refractivity contribution >= 4 is 23.8 Å². The molecular weight excluding hydrogens is 166 g/mol. The fourth-order valence-corrected chi connectivity index (χ4v) is 1.57. The fourth-order valence-electron chi connectivity index (χ4n) is 0.832. The second-order valence-corrected chi connectivity index (χ2v) is 3.17. The molecule has 2 amide bonds. The minimum atomic E-state index is -0.145. The molecule has 0 atom stereocenters. The molecule has 1 rings (SSSR count). The number of carbonyl (C=O) groups excluding carboxylic acids is 2. The van der Waals surface area contributed by atoms with Crippen LogP contribution in [0, 0.1) is 0 Å². The summed E-state index contributed by atoms with van der Waals surface area (Å²) >= 11 is 1.08. The molecule has 0 unspecified atom stereocenters. The molecule has 1 fully saturated rings. The van der Waals surface area contributed by atoms with Crippen LogP contribution in [-0.2, 0) is 9.59 Å². The number of rotatable bonds is 3. The van der Waals surface area contributed by atoms with Crippen LogP contribution in [0.4, 0.5) is 0 Å². The number of aliphatic hydroxyl groups is 1. The summed E-state index contributed by atoms with van der Waals surface area (Å²) in [5.74, 6) is 0.110. The van der Waals surface area contributed by atoms with E-state index < -0.39 is 0 Å². The largest absolute Gasteiger partial charge is 0.395 e. The Labute approximate surface area is 68.7 Å². The second kappa shape index (κ2) is 3.73. The van der Waals surface area contributed by atoms with Gasteiger partial charge in [-0.1, -0.05) is 0 Å². The first kappa shape index (κ1) is 8.55. The topological polar surface area (TPSA) is 57.6 Å². The maximum absolute atomic E-state index is 10.9. The predicted octanol–water partition coefficient (Wildman–Crippen LogP) is -0.224. The molecule has 1 heterocycles. The van der Waals surface area contributed by atoms with E-state index in [-0.39, 0.29) is 18.4 Å². The van der Waals surface area contributed by atoms with E-state index in [1.165, 1.54) is 0 Å². The molecule has 0 saturated carbocycles. The molecule has 1 N–H and O–H groups in total. The highest BCUT2D eigenvalue weighted by atomic mass is 32.2. The van der Waals surface area contributed by atoms with Crippen molar-refractivity contribution in [3.63, 3.8) is 0 Å². The van der Waals surface area contributed by atoms with Crippen LogP contribution in [0.15, 0.2) is 0 Å². The molecule has 0 aromatic heterocycles. The molecule has 11 heavy (non-hydrogen) atoms. The van der Waals surface area contributed by atoms with Gasteiger partial charge in [0, 0.05) is 18.6 Å². The zero-order chi connectivity index (χ0) is 8.27. The minimum absolute atomic E-state index is 0.0122. The number of hydrogen-bond donors (Lipinski definition) is 1. The summed E-state index contributed by atoms with van der Waals surface area (Å²) in [5.41, 5.74) is 0. The van der Waals surface area contributed by atoms with Crippen LogP contribution in [-0.4, -0.2) is 33.6 Å². The highest BCUT2D eigenvalue weighted by Gasteiger charge is 2.28. The van der Waals surface area contributed by atoms with Crippen LogP contribution >= 0.6 is 11.9 Å². The second-order valence-electron chi connectivity index (χ2n) is 2.14. The summed E-state index contributed by atoms with van der Waals surface area (Å²) in [6.07, 6.45) is 0.633. The van der Waals surface area contributed by atoms with E-state index >= 15 is 0 Å². The van der Waals surface area contributed by atoms with E-state index in [1.54, 1.807) is 0 Å². The van der Waals surface area contributed by atoms with E-state index in [2.05, 4.69) is 0 Å². The number of amides is 2. The molecule has 62 valence electrons. The highest BCUT2D eigenvalue weighted by Crippen LogP contribution is 2.20. The van der Waals surface area contributed by atoms with Crippen LogP contribution in [0.3, 0.4) is 0 Å². The molecular formula is C6H9NO3S. The van der Waals surface area contributed by atoms with Crippen molar-refractivity contribution in [1.82, 2.24) is 4.31 Å². The van der Waals surface area contributed by atoms with Crippen molar-refractivity contribution in [1.29, 1.82) is 0 Å². The highest BCUT2D eigenvalue weighted by molar-refractivity contribution is 7.98. The number of imide groups is 1. The first-order valence-corrected chi connectivity index (χ1v) is 4.29. The van der Waals surface area contributed by atoms with Gasteiger partial charge in [0.2, 0.25) is 11.8 Å². The van der Waals surface area contributed by atoms with Gasteiger partial charge < -0.3 is 5.11 Å². The Balaban J connectivity index is 2.41. The van der Waals surface area contributed by atoms with Gasteiger partial charge in [-0.2, -0.15) is 0 Å². The molecule has 0 aromatic carbocycles. The molecule has 0 aromatic rings. The van der Waals surface area contributed by atoms with Crippen molar-refractivity contribution in [3.05, 3.63) is 0 Å². The van der Waals surface area contributed by atoms with Crippen LogP contribution in [0.25, 0.3) is 0 Å². The maximum Gasteiger partial charge on any atom is 0.239 e. The Morgan fingerprint density at radius 3 is 2.36 bits per heavy atom. The van der Waals surface area contributed by atoms with Crippen LogP contribution in [0.5, 0.6) is 0 Å². The van der Waals surface area contributed by atoms with Gasteiger partial charge in [-0.05, 0) is 11.9 Å². The van der Waals surface area contributed by atoms with Crippen LogP contribution < -0.4 is 0 Å². The lowest BCUT2D eigenvalue weighted by atomic mass is 10.4. The van der Waals surface area contributed by atoms with Gasteiger partial charge in [-0.25, -0.2) is 4.31 Å². The molecule has 0 radical (unpaired) electrons. The first-order chi connectivity index (χ1) is 5.25. The lowest BCUT2D eigenvalue weighted by Gasteiger charge is -2.09. The fraction of sp³-hybridized carbons (Fsp3) is 0.667. The van der Waals surface area contributed by atoms with Crippen LogP contribution in [0.1, 0.15) is 12.8 Å². The summed E-state index contributed by atoms with van der Waals surface area (Å²) in [7, 11) is 0. The Bertz CT molecular complexity index is 167. The monoisotopic (exact) mass is 175 g/mol. The van der Waals surface area contributed by atoms with Gasteiger partial charge in [0.05, 0.1) is 6.61 Å². The van der Waals surface area contributed by atoms with Gasteiger partial charge in [0.25, 0.3) is 0 Å². The van der Waals surface area contributed by atoms with Crippen molar-refractivity contribution in [2.45, 2.75) is 12.8 Å². The van der Waals surface area contributed by atoms with Crippen molar-refractivity contribution < 1.29 is 14.7 Å². The summed E-state index contributed by atoms with van der Waals surface area (Å²) in [6, 6.07) is 0. The van der Waals surface area contributed by atoms with E-state index in [0.29, 0.717) is 18.6 Å². The average molecular weight is 175 g/mol. The molecule has 0 bridgehead atoms. The summed E-state index contributed by atoms with van der Waals surface area (Å²) in [5, 5.41) is 8.43. The molecule has 1 saturated heterocycles. The molecule has 4 nitrogen and oxygen atoms in total. The van der Waals surface area contributed by atoms with Gasteiger partial charge in [-0.3, -0.25) is 9.59 Å². The summed E-state index contributed by atoms with van der Waals surface area (Å²) in [4.78, 5) is 21.8. The molecule has 0 spiro atoms. The van der Waals surface area contributed by atoms with Crippen molar-refractivity contribution in [2.75, 3.05) is 12.4 Å². The van der Waals surface area contributed by atoms with E-state index in [4.69, 9.17) is 5.11 Å². The van der Waals surface area contributed by atoms with Crippen LogP contribution in [0.2, 0.25) is 0 Å². The lowest BCUT2D eigenvalue weighted by molar-refractivity contribution is -0.131. The Morgan fingerprint density at radius 1 is 1.36 bits per heavy atom. The predicted molar refractivity (Wildman–Crippen MR) is 40.6 cm³/mol. The third kappa shape index (κ3) is 1.94. The van der Waals surface area contributed by atoms with Crippen molar-refractivity contribution in [2.24, 2.45) is 0 Å². The third-order valence-corrected chi connectivity index (χ3v) is 2.35. The third-order valence-electron chi connectivity index (χ3n) is 1.32. The number of hydrogen-bond acceptors (Lipinski definition) is 4. The minimum Gasteiger partial charge on any atom is -0.395 e. The van der Waals surface area contributed by atoms with Gasteiger partial charge >= 0.3 is 0 Å². The Morgan fingerprint density at radius 2 is 1.91 bits per heavy atom. The van der Waals surface area contributed by atoms with E-state index in [0.717, 1.165) is 16.3 Å². The summed E-state index contributed by atoms with van der Waals surface area (Å²) < 4.78 is 1.14. The first-order valence-electron chi connectivity index (χ1n) is 3.35. The molecule has 1 aliphatic rings. The molecule has 1 aliphatic heterocycles. The Hall–Kier alpha value is -0.550. The smallest absolute Gasteiger partial charge is 0.239 e. The molecule has 5 heteroatoms. The SMILES string of the molecule is O=C1CCC(=O)N1SCCO. The van der Waals surface area contributed by atoms with Gasteiger partial charge in [0.15, 0.2) is 0 Å². The quantitative estimate of drug-likeness (QED) is 0.475. The van der Waals surface area contributed by atoms with Gasteiger partial charge in [0.1, 0.15) is 0 Å². The zero-order valence-corrected chi connectivity index (χ0v) is 6.76. The normalized spacial score (nSPS) is 18.1. The number of carbonyl (C=O) groups is 2. The van der Waals surface area contributed by atoms with Crippen molar-refractivity contribution in [3.8, 4) is 0 Å². The summed E-state index contributed by atoms with van der Waals surface area (Å²) in [6.45, 7) is -0.0122. The molecule has 0 aliphatic carbocycles. The number of nitrogens with zero attached hydrogens (tertiary/aromatic N) is 1. The Kier molecular flexibility index (Phi) is 2.90. The maximum atomic E-state index is 10.9. The van der Waals surface area contributed by atoms with Gasteiger partial charge in [-0.15, -0.1) is 0 Å². The van der Waals surface area contributed by atoms with E-state index in [1.807, 2.05) is 0 Å². The number of aliphatic hydroxyl groups excluding tert-OH is 1. The zero-order valence-electron chi connectivity index (χ0n) is 5.95. The van der Waals surface area contributed by atoms with E-state index in [9.17, 15) is 9.59 Å². The lowest BCUT2D eigenvalue weighted by Crippen LogP contribution is -2.22. The standard InChI is InChI=1S/C6H9NO3S/c8-3-4-11-7-5(9)1-2-6(7)10/h8H,1-4H2.